The van der Waals surface area contributed by atoms with Gasteiger partial charge in [0.05, 0.1) is 22.8 Å². The summed E-state index contributed by atoms with van der Waals surface area (Å²) in [5, 5.41) is 8.71. The van der Waals surface area contributed by atoms with E-state index in [1.807, 2.05) is 6.07 Å². The number of halogens is 2. The molecule has 0 unspecified atom stereocenters. The van der Waals surface area contributed by atoms with E-state index in [4.69, 9.17) is 16.7 Å². The number of anilines is 2. The number of aliphatic imine (C=N–C) groups is 1. The van der Waals surface area contributed by atoms with E-state index >= 15 is 0 Å². The summed E-state index contributed by atoms with van der Waals surface area (Å²) in [6.07, 6.45) is 1.66. The van der Waals surface area contributed by atoms with Gasteiger partial charge in [-0.05, 0) is 48.5 Å². The van der Waals surface area contributed by atoms with E-state index in [0.29, 0.717) is 39.2 Å². The standard InChI is InChI=1S/C24H17ClFN5O2S/c25-15-5-10-18-20(11-15)23(19-3-1-2-4-21(19)26)28-12-14-13-29-24(31-22(14)18)30-16-6-8-17(9-7-16)34(27,32)33/h1-11,13H,12H2,(H2,27,32,33)(H,29,30,31). The smallest absolute Gasteiger partial charge is 0.238 e. The molecule has 0 atom stereocenters. The van der Waals surface area contributed by atoms with Crippen LogP contribution in [0.3, 0.4) is 0 Å². The lowest BCUT2D eigenvalue weighted by Gasteiger charge is -2.13. The first-order valence-corrected chi connectivity index (χ1v) is 12.1. The maximum absolute atomic E-state index is 14.6. The summed E-state index contributed by atoms with van der Waals surface area (Å²) in [6, 6.07) is 17.7. The van der Waals surface area contributed by atoms with Crippen LogP contribution >= 0.6 is 11.6 Å². The van der Waals surface area contributed by atoms with Gasteiger partial charge < -0.3 is 5.32 Å². The van der Waals surface area contributed by atoms with Crippen molar-refractivity contribution in [1.82, 2.24) is 9.97 Å². The number of hydrogen-bond donors (Lipinski definition) is 2. The highest BCUT2D eigenvalue weighted by Crippen LogP contribution is 2.34. The second-order valence-electron chi connectivity index (χ2n) is 7.60. The molecule has 170 valence electrons. The molecule has 0 radical (unpaired) electrons. The van der Waals surface area contributed by atoms with Crippen LogP contribution in [-0.4, -0.2) is 24.1 Å². The summed E-state index contributed by atoms with van der Waals surface area (Å²) in [5.41, 5.74) is 4.26. The molecule has 3 aromatic carbocycles. The number of nitrogens with one attached hydrogen (secondary N) is 1. The normalized spacial score (nSPS) is 12.9. The van der Waals surface area contributed by atoms with Gasteiger partial charge in [-0.1, -0.05) is 29.8 Å². The van der Waals surface area contributed by atoms with Crippen LogP contribution in [0.5, 0.6) is 0 Å². The highest BCUT2D eigenvalue weighted by Gasteiger charge is 2.23. The van der Waals surface area contributed by atoms with Crippen LogP contribution < -0.4 is 10.5 Å². The number of fused-ring (bicyclic) bond motifs is 3. The van der Waals surface area contributed by atoms with E-state index in [0.717, 1.165) is 11.1 Å². The summed E-state index contributed by atoms with van der Waals surface area (Å²) in [5.74, 6) is -0.0770. The maximum Gasteiger partial charge on any atom is 0.238 e. The van der Waals surface area contributed by atoms with Gasteiger partial charge in [-0.15, -0.1) is 0 Å². The molecule has 0 amide bonds. The van der Waals surface area contributed by atoms with Crippen LogP contribution in [0.1, 0.15) is 16.7 Å². The second kappa shape index (κ2) is 8.60. The molecule has 0 saturated carbocycles. The van der Waals surface area contributed by atoms with Crippen LogP contribution in [-0.2, 0) is 16.6 Å². The molecule has 34 heavy (non-hydrogen) atoms. The first-order chi connectivity index (χ1) is 16.3. The Balaban J connectivity index is 1.56. The largest absolute Gasteiger partial charge is 0.324 e. The zero-order valence-corrected chi connectivity index (χ0v) is 19.1. The van der Waals surface area contributed by atoms with Crippen molar-refractivity contribution in [2.75, 3.05) is 5.32 Å². The lowest BCUT2D eigenvalue weighted by atomic mass is 9.95. The molecule has 2 heterocycles. The summed E-state index contributed by atoms with van der Waals surface area (Å²) >= 11 is 6.29. The lowest BCUT2D eigenvalue weighted by Crippen LogP contribution is -2.11. The minimum atomic E-state index is -3.79. The Morgan fingerprint density at radius 3 is 2.47 bits per heavy atom. The van der Waals surface area contributed by atoms with Crippen LogP contribution in [0.25, 0.3) is 11.3 Å². The molecule has 0 spiro atoms. The molecule has 0 aliphatic carbocycles. The summed E-state index contributed by atoms with van der Waals surface area (Å²) in [4.78, 5) is 13.7. The zero-order valence-electron chi connectivity index (χ0n) is 17.5. The van der Waals surface area contributed by atoms with Gasteiger partial charge in [0, 0.05) is 39.2 Å². The third-order valence-electron chi connectivity index (χ3n) is 5.33. The van der Waals surface area contributed by atoms with Crippen molar-refractivity contribution in [3.05, 3.63) is 100 Å². The number of nitrogens with two attached hydrogens (primary N) is 1. The minimum absolute atomic E-state index is 0.00419. The van der Waals surface area contributed by atoms with Crippen molar-refractivity contribution in [2.45, 2.75) is 11.4 Å². The first-order valence-electron chi connectivity index (χ1n) is 10.1. The maximum atomic E-state index is 14.6. The summed E-state index contributed by atoms with van der Waals surface area (Å²) in [7, 11) is -3.79. The van der Waals surface area contributed by atoms with Gasteiger partial charge >= 0.3 is 0 Å². The van der Waals surface area contributed by atoms with Gasteiger partial charge in [-0.3, -0.25) is 4.99 Å². The molecule has 7 nitrogen and oxygen atoms in total. The Labute approximate surface area is 200 Å². The fourth-order valence-corrected chi connectivity index (χ4v) is 4.41. The first kappa shape index (κ1) is 22.1. The molecular formula is C24H17ClFN5O2S. The van der Waals surface area contributed by atoms with Crippen molar-refractivity contribution >= 4 is 39.0 Å². The molecule has 4 aromatic rings. The second-order valence-corrected chi connectivity index (χ2v) is 9.59. The average molecular weight is 494 g/mol. The number of primary sulfonamides is 1. The minimum Gasteiger partial charge on any atom is -0.324 e. The molecular weight excluding hydrogens is 477 g/mol. The fraction of sp³-hybridized carbons (Fsp3) is 0.0417. The van der Waals surface area contributed by atoms with E-state index in [9.17, 15) is 12.8 Å². The van der Waals surface area contributed by atoms with E-state index < -0.39 is 10.0 Å². The van der Waals surface area contributed by atoms with E-state index in [1.54, 1.807) is 48.7 Å². The lowest BCUT2D eigenvalue weighted by molar-refractivity contribution is 0.598. The topological polar surface area (TPSA) is 110 Å². The quantitative estimate of drug-likeness (QED) is 0.429. The SMILES string of the molecule is NS(=O)(=O)c1ccc(Nc2ncc3c(n2)-c2ccc(Cl)cc2C(c2ccccc2F)=NC3)cc1. The highest BCUT2D eigenvalue weighted by molar-refractivity contribution is 7.89. The van der Waals surface area contributed by atoms with Crippen molar-refractivity contribution in [2.24, 2.45) is 10.1 Å². The van der Waals surface area contributed by atoms with E-state index in [2.05, 4.69) is 20.3 Å². The third kappa shape index (κ3) is 4.28. The average Bonchev–Trinajstić information content (AvgIpc) is 2.96. The fourth-order valence-electron chi connectivity index (χ4n) is 3.72. The monoisotopic (exact) mass is 493 g/mol. The molecule has 0 fully saturated rings. The highest BCUT2D eigenvalue weighted by atomic mass is 35.5. The predicted molar refractivity (Wildman–Crippen MR) is 129 cm³/mol. The van der Waals surface area contributed by atoms with Gasteiger partial charge in [0.15, 0.2) is 0 Å². The van der Waals surface area contributed by atoms with Crippen molar-refractivity contribution in [3.63, 3.8) is 0 Å². The number of nitrogens with zero attached hydrogens (tertiary/aromatic N) is 3. The molecule has 0 bridgehead atoms. The van der Waals surface area contributed by atoms with Gasteiger partial charge in [-0.2, -0.15) is 0 Å². The van der Waals surface area contributed by atoms with Crippen LogP contribution in [0.4, 0.5) is 16.0 Å². The number of benzene rings is 3. The van der Waals surface area contributed by atoms with Gasteiger partial charge in [0.25, 0.3) is 0 Å². The number of aromatic nitrogens is 2. The van der Waals surface area contributed by atoms with Crippen molar-refractivity contribution in [1.29, 1.82) is 0 Å². The Kier molecular flexibility index (Phi) is 5.60. The predicted octanol–water partition coefficient (Wildman–Crippen LogP) is 4.68. The summed E-state index contributed by atoms with van der Waals surface area (Å²) in [6.45, 7) is 0.259. The molecule has 1 aliphatic rings. The van der Waals surface area contributed by atoms with Crippen molar-refractivity contribution < 1.29 is 12.8 Å². The summed E-state index contributed by atoms with van der Waals surface area (Å²) < 4.78 is 37.6. The van der Waals surface area contributed by atoms with E-state index in [-0.39, 0.29) is 17.3 Å². The molecule has 5 rings (SSSR count). The Morgan fingerprint density at radius 2 is 1.74 bits per heavy atom. The van der Waals surface area contributed by atoms with Gasteiger partial charge in [0.2, 0.25) is 16.0 Å². The zero-order chi connectivity index (χ0) is 23.9. The van der Waals surface area contributed by atoms with E-state index in [1.165, 1.54) is 18.2 Å². The van der Waals surface area contributed by atoms with Crippen LogP contribution in [0.2, 0.25) is 5.02 Å². The Hall–Kier alpha value is -3.66. The van der Waals surface area contributed by atoms with Crippen LogP contribution in [0, 0.1) is 5.82 Å². The molecule has 0 saturated heterocycles. The molecule has 10 heteroatoms. The van der Waals surface area contributed by atoms with Crippen LogP contribution in [0.15, 0.2) is 82.8 Å². The van der Waals surface area contributed by atoms with Gasteiger partial charge in [-0.25, -0.2) is 27.9 Å². The van der Waals surface area contributed by atoms with Gasteiger partial charge in [0.1, 0.15) is 5.82 Å². The molecule has 3 N–H and O–H groups in total. The number of hydrogen-bond acceptors (Lipinski definition) is 6. The Bertz CT molecular complexity index is 1560. The third-order valence-corrected chi connectivity index (χ3v) is 6.50. The number of sulfonamides is 1. The van der Waals surface area contributed by atoms with Crippen molar-refractivity contribution in [3.8, 4) is 11.3 Å². The number of rotatable bonds is 4. The molecule has 1 aromatic heterocycles. The molecule has 1 aliphatic heterocycles. The Morgan fingerprint density at radius 1 is 0.971 bits per heavy atom.